The molecule has 2 atom stereocenters. The zero-order valence-electron chi connectivity index (χ0n) is 12.7. The van der Waals surface area contributed by atoms with E-state index >= 15 is 0 Å². The number of hydrogen-bond acceptors (Lipinski definition) is 4. The largest absolute Gasteiger partial charge is 0.372 e. The van der Waals surface area contributed by atoms with E-state index in [-0.39, 0.29) is 24.0 Å². The quantitative estimate of drug-likeness (QED) is 0.859. The van der Waals surface area contributed by atoms with Crippen LogP contribution in [0.2, 0.25) is 0 Å². The van der Waals surface area contributed by atoms with Crippen molar-refractivity contribution in [2.75, 3.05) is 19.6 Å². The highest BCUT2D eigenvalue weighted by Gasteiger charge is 2.25. The van der Waals surface area contributed by atoms with Gasteiger partial charge >= 0.3 is 0 Å². The second-order valence-corrected chi connectivity index (χ2v) is 5.40. The van der Waals surface area contributed by atoms with Crippen molar-refractivity contribution < 1.29 is 14.3 Å². The summed E-state index contributed by atoms with van der Waals surface area (Å²) in [6.07, 6.45) is 1.98. The first kappa shape index (κ1) is 15.5. The number of nitrogens with one attached hydrogen (secondary N) is 1. The van der Waals surface area contributed by atoms with Crippen molar-refractivity contribution in [1.82, 2.24) is 20.0 Å². The average molecular weight is 294 g/mol. The maximum absolute atomic E-state index is 12.1. The molecular formula is C14H22N4O3. The predicted molar refractivity (Wildman–Crippen MR) is 76.7 cm³/mol. The lowest BCUT2D eigenvalue weighted by Gasteiger charge is -2.35. The third-order valence-electron chi connectivity index (χ3n) is 3.45. The number of morpholine rings is 1. The van der Waals surface area contributed by atoms with E-state index in [2.05, 4.69) is 10.4 Å². The van der Waals surface area contributed by atoms with Crippen molar-refractivity contribution in [3.05, 3.63) is 18.0 Å². The first-order valence-electron chi connectivity index (χ1n) is 7.17. The summed E-state index contributed by atoms with van der Waals surface area (Å²) in [4.78, 5) is 25.8. The lowest BCUT2D eigenvalue weighted by molar-refractivity contribution is -0.143. The van der Waals surface area contributed by atoms with E-state index < -0.39 is 0 Å². The van der Waals surface area contributed by atoms with Crippen molar-refractivity contribution in [3.63, 3.8) is 0 Å². The minimum Gasteiger partial charge on any atom is -0.372 e. The van der Waals surface area contributed by atoms with Crippen LogP contribution in [0.25, 0.3) is 0 Å². The Morgan fingerprint density at radius 3 is 2.62 bits per heavy atom. The van der Waals surface area contributed by atoms with Crippen LogP contribution >= 0.6 is 0 Å². The Balaban J connectivity index is 1.77. The number of hydrogen-bond donors (Lipinski definition) is 1. The van der Waals surface area contributed by atoms with E-state index in [1.54, 1.807) is 24.2 Å². The van der Waals surface area contributed by atoms with Crippen LogP contribution in [0.4, 0.5) is 0 Å². The highest BCUT2D eigenvalue weighted by atomic mass is 16.5. The fourth-order valence-electron chi connectivity index (χ4n) is 2.51. The molecule has 1 fully saturated rings. The maximum atomic E-state index is 12.1. The van der Waals surface area contributed by atoms with Gasteiger partial charge in [0.25, 0.3) is 5.91 Å². The molecule has 2 heterocycles. The van der Waals surface area contributed by atoms with Gasteiger partial charge in [0.1, 0.15) is 5.69 Å². The van der Waals surface area contributed by atoms with Gasteiger partial charge in [0.2, 0.25) is 5.91 Å². The molecule has 1 aliphatic heterocycles. The van der Waals surface area contributed by atoms with Crippen molar-refractivity contribution >= 4 is 11.8 Å². The van der Waals surface area contributed by atoms with Crippen LogP contribution in [0.15, 0.2) is 12.3 Å². The molecule has 0 unspecified atom stereocenters. The van der Waals surface area contributed by atoms with Crippen molar-refractivity contribution in [2.45, 2.75) is 32.5 Å². The summed E-state index contributed by atoms with van der Waals surface area (Å²) >= 11 is 0. The van der Waals surface area contributed by atoms with Crippen molar-refractivity contribution in [3.8, 4) is 0 Å². The van der Waals surface area contributed by atoms with Gasteiger partial charge in [-0.05, 0) is 19.9 Å². The molecular weight excluding hydrogens is 272 g/mol. The van der Waals surface area contributed by atoms with E-state index in [0.29, 0.717) is 31.7 Å². The second kappa shape index (κ2) is 6.71. The van der Waals surface area contributed by atoms with Crippen LogP contribution in [0.3, 0.4) is 0 Å². The topological polar surface area (TPSA) is 76.5 Å². The molecule has 0 spiro atoms. The van der Waals surface area contributed by atoms with Gasteiger partial charge in [0.05, 0.1) is 12.2 Å². The summed E-state index contributed by atoms with van der Waals surface area (Å²) in [7, 11) is 1.70. The normalized spacial score (nSPS) is 22.1. The van der Waals surface area contributed by atoms with Gasteiger partial charge in [-0.3, -0.25) is 14.3 Å². The lowest BCUT2D eigenvalue weighted by atomic mass is 10.2. The number of nitrogens with zero attached hydrogens (tertiary/aromatic N) is 3. The SMILES string of the molecule is C[C@@H]1CN(C(=O)CCNC(=O)c2ccnn2C)C[C@@H](C)O1. The zero-order chi connectivity index (χ0) is 15.4. The molecule has 21 heavy (non-hydrogen) atoms. The number of carbonyl (C=O) groups is 2. The zero-order valence-corrected chi connectivity index (χ0v) is 12.7. The van der Waals surface area contributed by atoms with Crippen molar-refractivity contribution in [2.24, 2.45) is 7.05 Å². The minimum atomic E-state index is -0.216. The lowest BCUT2D eigenvalue weighted by Crippen LogP contribution is -2.48. The van der Waals surface area contributed by atoms with E-state index in [1.807, 2.05) is 13.8 Å². The summed E-state index contributed by atoms with van der Waals surface area (Å²) in [5.41, 5.74) is 0.482. The molecule has 0 bridgehead atoms. The summed E-state index contributed by atoms with van der Waals surface area (Å²) in [6.45, 7) is 5.46. The Morgan fingerprint density at radius 1 is 1.38 bits per heavy atom. The molecule has 1 aromatic heterocycles. The highest BCUT2D eigenvalue weighted by molar-refractivity contribution is 5.92. The molecule has 2 amide bonds. The number of ether oxygens (including phenoxy) is 1. The molecule has 1 aromatic rings. The number of aromatic nitrogens is 2. The molecule has 7 heteroatoms. The molecule has 0 aliphatic carbocycles. The monoisotopic (exact) mass is 294 g/mol. The van der Waals surface area contributed by atoms with Gasteiger partial charge < -0.3 is 15.0 Å². The molecule has 0 radical (unpaired) electrons. The van der Waals surface area contributed by atoms with E-state index in [0.717, 1.165) is 0 Å². The Hall–Kier alpha value is -1.89. The standard InChI is InChI=1S/C14H22N4O3/c1-10-8-18(9-11(2)21-10)13(19)5-6-15-14(20)12-4-7-16-17(12)3/h4,7,10-11H,5-6,8-9H2,1-3H3,(H,15,20)/t10-,11-/m1/s1. The van der Waals surface area contributed by atoms with Gasteiger partial charge in [0.15, 0.2) is 0 Å². The van der Waals surface area contributed by atoms with Crippen LogP contribution in [0.1, 0.15) is 30.8 Å². The minimum absolute atomic E-state index is 0.0438. The molecule has 1 saturated heterocycles. The van der Waals surface area contributed by atoms with Crippen molar-refractivity contribution in [1.29, 1.82) is 0 Å². The Bertz CT molecular complexity index is 504. The third-order valence-corrected chi connectivity index (χ3v) is 3.45. The predicted octanol–water partition coefficient (Wildman–Crippen LogP) is 0.176. The maximum Gasteiger partial charge on any atom is 0.269 e. The summed E-state index contributed by atoms with van der Waals surface area (Å²) in [5, 5.41) is 6.68. The number of amides is 2. The van der Waals surface area contributed by atoms with Crippen LogP contribution in [-0.2, 0) is 16.6 Å². The Labute approximate surface area is 124 Å². The van der Waals surface area contributed by atoms with E-state index in [9.17, 15) is 9.59 Å². The summed E-state index contributed by atoms with van der Waals surface area (Å²) in [5.74, 6) is -0.172. The molecule has 0 aromatic carbocycles. The summed E-state index contributed by atoms with van der Waals surface area (Å²) in [6, 6.07) is 1.64. The van der Waals surface area contributed by atoms with Gasteiger partial charge in [-0.15, -0.1) is 0 Å². The third kappa shape index (κ3) is 4.04. The Kier molecular flexibility index (Phi) is 4.95. The van der Waals surface area contributed by atoms with E-state index in [1.165, 1.54) is 4.68 Å². The number of rotatable bonds is 4. The first-order valence-corrected chi connectivity index (χ1v) is 7.17. The fraction of sp³-hybridized carbons (Fsp3) is 0.643. The van der Waals surface area contributed by atoms with Gasteiger partial charge in [-0.1, -0.05) is 0 Å². The molecule has 2 rings (SSSR count). The van der Waals surface area contributed by atoms with Crippen LogP contribution in [-0.4, -0.2) is 58.3 Å². The molecule has 1 aliphatic rings. The van der Waals surface area contributed by atoms with Gasteiger partial charge in [0, 0.05) is 39.3 Å². The van der Waals surface area contributed by atoms with Gasteiger partial charge in [-0.2, -0.15) is 5.10 Å². The average Bonchev–Trinajstić information content (AvgIpc) is 2.83. The van der Waals surface area contributed by atoms with Crippen LogP contribution in [0.5, 0.6) is 0 Å². The molecule has 0 saturated carbocycles. The molecule has 1 N–H and O–H groups in total. The second-order valence-electron chi connectivity index (χ2n) is 5.40. The first-order chi connectivity index (χ1) is 9.97. The number of carbonyl (C=O) groups excluding carboxylic acids is 2. The van der Waals surface area contributed by atoms with Crippen LogP contribution in [0, 0.1) is 0 Å². The van der Waals surface area contributed by atoms with E-state index in [4.69, 9.17) is 4.74 Å². The van der Waals surface area contributed by atoms with Gasteiger partial charge in [-0.25, -0.2) is 0 Å². The number of aryl methyl sites for hydroxylation is 1. The van der Waals surface area contributed by atoms with Crippen LogP contribution < -0.4 is 5.32 Å². The fourth-order valence-corrected chi connectivity index (χ4v) is 2.51. The summed E-state index contributed by atoms with van der Waals surface area (Å²) < 4.78 is 7.10. The molecule has 116 valence electrons. The highest BCUT2D eigenvalue weighted by Crippen LogP contribution is 2.11. The molecule has 7 nitrogen and oxygen atoms in total. The smallest absolute Gasteiger partial charge is 0.269 e. The Morgan fingerprint density at radius 2 is 2.05 bits per heavy atom.